The van der Waals surface area contributed by atoms with E-state index in [-0.39, 0.29) is 11.9 Å². The number of benzene rings is 1. The van der Waals surface area contributed by atoms with E-state index in [2.05, 4.69) is 11.0 Å². The van der Waals surface area contributed by atoms with Crippen LogP contribution in [-0.2, 0) is 0 Å². The minimum absolute atomic E-state index is 0.135. The van der Waals surface area contributed by atoms with Crippen LogP contribution < -0.4 is 10.6 Å². The van der Waals surface area contributed by atoms with E-state index in [1.807, 2.05) is 18.4 Å². The van der Waals surface area contributed by atoms with Crippen molar-refractivity contribution < 1.29 is 5.11 Å². The number of aliphatic hydroxyl groups excluding tert-OH is 1. The summed E-state index contributed by atoms with van der Waals surface area (Å²) in [5, 5.41) is 17.9. The third-order valence-corrected chi connectivity index (χ3v) is 5.26. The maximum Gasteiger partial charge on any atom is 0.126 e. The van der Waals surface area contributed by atoms with E-state index in [0.717, 1.165) is 41.8 Å². The van der Waals surface area contributed by atoms with Gasteiger partial charge in [0.15, 0.2) is 0 Å². The number of anilines is 1. The minimum Gasteiger partial charge on any atom is -0.393 e. The summed E-state index contributed by atoms with van der Waals surface area (Å²) in [6.07, 6.45) is 5.76. The molecule has 2 unspecified atom stereocenters. The highest BCUT2D eigenvalue weighted by atomic mass is 32.2. The van der Waals surface area contributed by atoms with Gasteiger partial charge in [-0.05, 0) is 44.1 Å². The topological polar surface area (TPSA) is 73.3 Å². The number of amidine groups is 1. The number of hydrogen-bond donors (Lipinski definition) is 3. The van der Waals surface area contributed by atoms with Crippen molar-refractivity contribution in [1.82, 2.24) is 0 Å². The van der Waals surface area contributed by atoms with E-state index in [9.17, 15) is 5.11 Å². The van der Waals surface area contributed by atoms with Crippen LogP contribution in [0.15, 0.2) is 23.1 Å². The number of piperidine rings is 1. The maximum atomic E-state index is 9.94. The van der Waals surface area contributed by atoms with Gasteiger partial charge < -0.3 is 15.7 Å². The molecule has 1 aromatic carbocycles. The van der Waals surface area contributed by atoms with E-state index in [4.69, 9.17) is 11.1 Å². The SMILES string of the molecule is CSc1cccc(N2C3CCC2CC(O)C3)c1C(=N)N. The Hall–Kier alpha value is -1.20. The molecule has 2 fully saturated rings. The molecule has 20 heavy (non-hydrogen) atoms. The van der Waals surface area contributed by atoms with Gasteiger partial charge in [0, 0.05) is 22.7 Å². The zero-order valence-corrected chi connectivity index (χ0v) is 12.5. The van der Waals surface area contributed by atoms with Crippen molar-refractivity contribution in [2.24, 2.45) is 5.73 Å². The van der Waals surface area contributed by atoms with Crippen LogP contribution in [0.25, 0.3) is 0 Å². The molecule has 5 heteroatoms. The van der Waals surface area contributed by atoms with Crippen molar-refractivity contribution >= 4 is 23.3 Å². The normalized spacial score (nSPS) is 28.7. The molecule has 0 aromatic heterocycles. The summed E-state index contributed by atoms with van der Waals surface area (Å²) >= 11 is 1.63. The second-order valence-electron chi connectivity index (χ2n) is 5.69. The third-order valence-electron chi connectivity index (χ3n) is 4.48. The molecule has 2 heterocycles. The van der Waals surface area contributed by atoms with Crippen LogP contribution in [-0.4, -0.2) is 35.4 Å². The first kappa shape index (κ1) is 13.8. The van der Waals surface area contributed by atoms with Gasteiger partial charge in [-0.15, -0.1) is 11.8 Å². The zero-order valence-electron chi connectivity index (χ0n) is 11.7. The Labute approximate surface area is 123 Å². The van der Waals surface area contributed by atoms with Crippen LogP contribution in [0, 0.1) is 5.41 Å². The predicted octanol–water partition coefficient (Wildman–Crippen LogP) is 2.18. The minimum atomic E-state index is -0.173. The van der Waals surface area contributed by atoms with Crippen LogP contribution in [0.1, 0.15) is 31.2 Å². The van der Waals surface area contributed by atoms with Gasteiger partial charge in [-0.2, -0.15) is 0 Å². The molecule has 0 aliphatic carbocycles. The summed E-state index contributed by atoms with van der Waals surface area (Å²) in [5.74, 6) is 0.135. The largest absolute Gasteiger partial charge is 0.393 e. The number of thioether (sulfide) groups is 1. The van der Waals surface area contributed by atoms with Gasteiger partial charge in [0.05, 0.1) is 11.7 Å². The van der Waals surface area contributed by atoms with Crippen molar-refractivity contribution in [3.8, 4) is 0 Å². The number of nitrogens with one attached hydrogen (secondary N) is 1. The van der Waals surface area contributed by atoms with Crippen molar-refractivity contribution in [2.45, 2.75) is 48.8 Å². The van der Waals surface area contributed by atoms with E-state index >= 15 is 0 Å². The monoisotopic (exact) mass is 291 g/mol. The Morgan fingerprint density at radius 3 is 2.55 bits per heavy atom. The van der Waals surface area contributed by atoms with Crippen LogP contribution in [0.3, 0.4) is 0 Å². The lowest BCUT2D eigenvalue weighted by Crippen LogP contribution is -2.45. The summed E-state index contributed by atoms with van der Waals surface area (Å²) in [4.78, 5) is 3.46. The Kier molecular flexibility index (Phi) is 3.65. The Morgan fingerprint density at radius 2 is 2.00 bits per heavy atom. The van der Waals surface area contributed by atoms with Crippen LogP contribution in [0.4, 0.5) is 5.69 Å². The first-order valence-electron chi connectivity index (χ1n) is 7.09. The Morgan fingerprint density at radius 1 is 1.35 bits per heavy atom. The van der Waals surface area contributed by atoms with Crippen LogP contribution >= 0.6 is 11.8 Å². The quantitative estimate of drug-likeness (QED) is 0.453. The average Bonchev–Trinajstić information content (AvgIpc) is 2.69. The molecule has 2 atom stereocenters. The van der Waals surface area contributed by atoms with Gasteiger partial charge in [0.1, 0.15) is 5.84 Å². The fraction of sp³-hybridized carbons (Fsp3) is 0.533. The summed E-state index contributed by atoms with van der Waals surface area (Å²) in [6.45, 7) is 0. The molecule has 3 rings (SSSR count). The zero-order chi connectivity index (χ0) is 14.3. The molecular weight excluding hydrogens is 270 g/mol. The van der Waals surface area contributed by atoms with Gasteiger partial charge >= 0.3 is 0 Å². The lowest BCUT2D eigenvalue weighted by Gasteiger charge is -2.40. The fourth-order valence-electron chi connectivity index (χ4n) is 3.72. The Bertz CT molecular complexity index is 520. The maximum absolute atomic E-state index is 9.94. The highest BCUT2D eigenvalue weighted by Gasteiger charge is 2.41. The molecule has 0 saturated carbocycles. The molecule has 2 saturated heterocycles. The predicted molar refractivity (Wildman–Crippen MR) is 83.8 cm³/mol. The van der Waals surface area contributed by atoms with E-state index in [1.165, 1.54) is 0 Å². The Balaban J connectivity index is 2.05. The van der Waals surface area contributed by atoms with E-state index in [0.29, 0.717) is 12.1 Å². The molecule has 0 spiro atoms. The molecule has 2 bridgehead atoms. The smallest absolute Gasteiger partial charge is 0.126 e. The van der Waals surface area contributed by atoms with Gasteiger partial charge in [0.2, 0.25) is 0 Å². The number of fused-ring (bicyclic) bond motifs is 2. The molecule has 1 aromatic rings. The summed E-state index contributed by atoms with van der Waals surface area (Å²) in [7, 11) is 0. The van der Waals surface area contributed by atoms with Gasteiger partial charge in [-0.25, -0.2) is 0 Å². The molecular formula is C15H21N3OS. The molecule has 0 radical (unpaired) electrons. The molecule has 4 N–H and O–H groups in total. The van der Waals surface area contributed by atoms with Gasteiger partial charge in [-0.1, -0.05) is 6.07 Å². The molecule has 2 aliphatic rings. The highest BCUT2D eigenvalue weighted by molar-refractivity contribution is 7.98. The number of rotatable bonds is 3. The van der Waals surface area contributed by atoms with Crippen LogP contribution in [0.5, 0.6) is 0 Å². The van der Waals surface area contributed by atoms with Crippen LogP contribution in [0.2, 0.25) is 0 Å². The first-order chi connectivity index (χ1) is 9.61. The number of nitrogen functional groups attached to an aromatic ring is 1. The van der Waals surface area contributed by atoms with Crippen molar-refractivity contribution in [1.29, 1.82) is 5.41 Å². The first-order valence-corrected chi connectivity index (χ1v) is 8.32. The third kappa shape index (κ3) is 2.19. The standard InChI is InChI=1S/C15H21N3OS/c1-20-13-4-2-3-12(14(13)15(16)17)18-9-5-6-10(18)8-11(19)7-9/h2-4,9-11,19H,5-8H2,1H3,(H3,16,17). The van der Waals surface area contributed by atoms with Gasteiger partial charge in [0.25, 0.3) is 0 Å². The molecule has 4 nitrogen and oxygen atoms in total. The number of nitrogens with two attached hydrogens (primary N) is 1. The molecule has 2 aliphatic heterocycles. The second kappa shape index (κ2) is 5.30. The summed E-state index contributed by atoms with van der Waals surface area (Å²) < 4.78 is 0. The van der Waals surface area contributed by atoms with E-state index in [1.54, 1.807) is 11.8 Å². The summed E-state index contributed by atoms with van der Waals surface area (Å²) in [6, 6.07) is 6.90. The van der Waals surface area contributed by atoms with Gasteiger partial charge in [-0.3, -0.25) is 5.41 Å². The van der Waals surface area contributed by atoms with Crippen molar-refractivity contribution in [3.05, 3.63) is 23.8 Å². The lowest BCUT2D eigenvalue weighted by atomic mass is 9.97. The highest BCUT2D eigenvalue weighted by Crippen LogP contribution is 2.42. The molecule has 0 amide bonds. The number of nitrogens with zero attached hydrogens (tertiary/aromatic N) is 1. The lowest BCUT2D eigenvalue weighted by molar-refractivity contribution is 0.126. The summed E-state index contributed by atoms with van der Waals surface area (Å²) in [5.41, 5.74) is 7.76. The fourth-order valence-corrected chi connectivity index (χ4v) is 4.35. The second-order valence-corrected chi connectivity index (χ2v) is 6.53. The average molecular weight is 291 g/mol. The number of aliphatic hydroxyl groups is 1. The molecule has 108 valence electrons. The van der Waals surface area contributed by atoms with E-state index < -0.39 is 0 Å². The van der Waals surface area contributed by atoms with Crippen molar-refractivity contribution in [2.75, 3.05) is 11.2 Å². The van der Waals surface area contributed by atoms with Crippen molar-refractivity contribution in [3.63, 3.8) is 0 Å². The number of hydrogen-bond acceptors (Lipinski definition) is 4.